The molecule has 3 aliphatic heterocycles. The number of aromatic nitrogens is 6. The van der Waals surface area contributed by atoms with Crippen molar-refractivity contribution in [3.63, 3.8) is 0 Å². The van der Waals surface area contributed by atoms with E-state index >= 15 is 0 Å². The van der Waals surface area contributed by atoms with Gasteiger partial charge in [-0.05, 0) is 0 Å². The number of phosphoric acid groups is 3. The van der Waals surface area contributed by atoms with E-state index in [-0.39, 0.29) is 41.2 Å². The van der Waals surface area contributed by atoms with Crippen LogP contribution >= 0.6 is 23.5 Å². The van der Waals surface area contributed by atoms with Crippen LogP contribution in [0.4, 0.5) is 23.4 Å². The van der Waals surface area contributed by atoms with Gasteiger partial charge in [0.2, 0.25) is 11.9 Å². The summed E-state index contributed by atoms with van der Waals surface area (Å²) >= 11 is 0. The highest BCUT2D eigenvalue weighted by molar-refractivity contribution is 7.47. The Labute approximate surface area is 335 Å². The van der Waals surface area contributed by atoms with Crippen LogP contribution in [0.2, 0.25) is 0 Å². The zero-order chi connectivity index (χ0) is 43.6. The van der Waals surface area contributed by atoms with Gasteiger partial charge in [-0.2, -0.15) is 9.97 Å². The molecular formula is C27H41N10O20P3. The highest BCUT2D eigenvalue weighted by Crippen LogP contribution is 2.53. The van der Waals surface area contributed by atoms with Gasteiger partial charge in [0, 0.05) is 26.3 Å². The fraction of sp³-hybridized carbons (Fsp3) is 0.667. The summed E-state index contributed by atoms with van der Waals surface area (Å²) < 4.78 is 75.7. The number of aliphatic hydroxyl groups excluding tert-OH is 4. The first-order valence-corrected chi connectivity index (χ1v) is 22.2. The van der Waals surface area contributed by atoms with E-state index in [1.807, 2.05) is 0 Å². The van der Waals surface area contributed by atoms with Crippen molar-refractivity contribution in [2.24, 2.45) is 0 Å². The Morgan fingerprint density at radius 2 is 1.27 bits per heavy atom. The lowest BCUT2D eigenvalue weighted by atomic mass is 9.93. The second-order valence-electron chi connectivity index (χ2n) is 14.2. The molecular weight excluding hydrogens is 877 g/mol. The number of nitrogens with zero attached hydrogens (tertiary/aromatic N) is 6. The molecule has 0 aromatic carbocycles. The van der Waals surface area contributed by atoms with E-state index in [0.29, 0.717) is 0 Å². The van der Waals surface area contributed by atoms with Crippen LogP contribution in [0.1, 0.15) is 25.5 Å². The summed E-state index contributed by atoms with van der Waals surface area (Å²) in [6.07, 6.45) is -17.3. The van der Waals surface area contributed by atoms with E-state index in [1.165, 1.54) is 9.80 Å². The minimum atomic E-state index is -5.21. The average Bonchev–Trinajstić information content (AvgIpc) is 3.84. The second-order valence-corrected chi connectivity index (χ2v) is 18.2. The Morgan fingerprint density at radius 3 is 1.83 bits per heavy atom. The van der Waals surface area contributed by atoms with Gasteiger partial charge in [-0.3, -0.25) is 46.7 Å². The summed E-state index contributed by atoms with van der Waals surface area (Å²) in [6, 6.07) is 0. The fourth-order valence-electron chi connectivity index (χ4n) is 7.33. The molecule has 4 aliphatic rings. The predicted molar refractivity (Wildman–Crippen MR) is 196 cm³/mol. The number of nitrogens with two attached hydrogens (primary N) is 2. The van der Waals surface area contributed by atoms with Crippen LogP contribution in [0.15, 0.2) is 15.9 Å². The number of phosphoric ester groups is 3. The zero-order valence-electron chi connectivity index (χ0n) is 30.8. The third-order valence-corrected chi connectivity index (χ3v) is 12.5. The van der Waals surface area contributed by atoms with Gasteiger partial charge in [0.25, 0.3) is 11.1 Å². The molecule has 30 nitrogen and oxygen atoms in total. The van der Waals surface area contributed by atoms with Crippen molar-refractivity contribution in [1.82, 2.24) is 29.5 Å². The Kier molecular flexibility index (Phi) is 12.4. The minimum Gasteiger partial charge on any atom is -0.387 e. The van der Waals surface area contributed by atoms with Gasteiger partial charge in [-0.25, -0.2) is 18.7 Å². The molecule has 14 N–H and O–H groups in total. The number of aromatic amines is 2. The minimum absolute atomic E-state index is 0.0325. The maximum absolute atomic E-state index is 13.1. The van der Waals surface area contributed by atoms with Crippen molar-refractivity contribution in [1.29, 1.82) is 0 Å². The molecule has 0 bridgehead atoms. The molecule has 0 spiro atoms. The lowest BCUT2D eigenvalue weighted by Gasteiger charge is -2.35. The summed E-state index contributed by atoms with van der Waals surface area (Å²) in [5.41, 5.74) is 9.84. The van der Waals surface area contributed by atoms with Gasteiger partial charge in [-0.15, -0.1) is 0 Å². The number of hydrogen-bond donors (Lipinski definition) is 12. The number of fused-ring (bicyclic) bond motifs is 2. The number of hydrogen-bond acceptors (Lipinski definition) is 23. The van der Waals surface area contributed by atoms with Crippen LogP contribution in [0.5, 0.6) is 0 Å². The van der Waals surface area contributed by atoms with Gasteiger partial charge in [0.05, 0.1) is 44.5 Å². The Bertz CT molecular complexity index is 2350. The molecule has 2 saturated heterocycles. The van der Waals surface area contributed by atoms with Crippen molar-refractivity contribution < 1.29 is 85.8 Å². The highest BCUT2D eigenvalue weighted by Gasteiger charge is 2.50. The molecule has 3 aromatic heterocycles. The fourth-order valence-corrected chi connectivity index (χ4v) is 9.78. The van der Waals surface area contributed by atoms with Crippen molar-refractivity contribution >= 4 is 58.0 Å². The van der Waals surface area contributed by atoms with E-state index in [1.54, 1.807) is 7.05 Å². The van der Waals surface area contributed by atoms with Crippen LogP contribution in [0, 0.1) is 0 Å². The Hall–Kier alpha value is -3.48. The topological polar surface area (TPSA) is 446 Å². The van der Waals surface area contributed by atoms with Crippen LogP contribution in [0.3, 0.4) is 0 Å². The van der Waals surface area contributed by atoms with E-state index in [2.05, 4.69) is 24.9 Å². The molecule has 2 unspecified atom stereocenters. The van der Waals surface area contributed by atoms with Crippen LogP contribution in [-0.2, 0) is 45.8 Å². The third kappa shape index (κ3) is 9.45. The molecule has 7 rings (SSSR count). The number of nitrogens with one attached hydrogen (secondary N) is 2. The first-order chi connectivity index (χ1) is 28.0. The van der Waals surface area contributed by atoms with Gasteiger partial charge in [-0.1, -0.05) is 0 Å². The molecule has 3 aromatic rings. The van der Waals surface area contributed by atoms with Crippen LogP contribution in [-0.4, -0.2) is 158 Å². The van der Waals surface area contributed by atoms with Gasteiger partial charge < -0.3 is 70.7 Å². The number of H-pyrrole nitrogens is 2. The molecule has 13 atom stereocenters. The molecule has 1 aliphatic carbocycles. The number of nitrogen functional groups attached to an aromatic ring is 2. The standard InChI is InChI=1S/C27H41N10O20P3/c1-35-8-37(21-15(35)23(43)34-27(29)32-21)25-19(41)17(39)13(54-25)6-52-60(49,50)57-11-3-9(55-58(44,45)46)2-10(4-11)56-59(47,48)51-5-12-16(38)18(40)24(53-12)36-7-30-14-20(36)31-26(28)33-22(14)42/h7,9-13,16-19,24-25,38-41H,2-6,8H2,1H3,(H,47,48)(H,49,50)(H2,44,45,46)(H3,28,31,33,42)(H3,29,32,34,43)/t9-,10+,11-,12-,13-,16-,17-,18-,19-,24-,25-/m1/s1. The molecule has 0 radical (unpaired) electrons. The molecule has 3 fully saturated rings. The molecule has 0 amide bonds. The first-order valence-electron chi connectivity index (χ1n) is 17.7. The van der Waals surface area contributed by atoms with Gasteiger partial charge in [0.15, 0.2) is 29.4 Å². The average molecular weight is 919 g/mol. The zero-order valence-corrected chi connectivity index (χ0v) is 33.5. The largest absolute Gasteiger partial charge is 0.472 e. The molecule has 60 heavy (non-hydrogen) atoms. The maximum Gasteiger partial charge on any atom is 0.472 e. The monoisotopic (exact) mass is 918 g/mol. The molecule has 334 valence electrons. The number of anilines is 4. The summed E-state index contributed by atoms with van der Waals surface area (Å²) in [5, 5.41) is 42.9. The second kappa shape index (κ2) is 16.7. The van der Waals surface area contributed by atoms with Crippen molar-refractivity contribution in [2.45, 2.75) is 86.7 Å². The summed E-state index contributed by atoms with van der Waals surface area (Å²) in [5.74, 6) is -0.481. The summed E-state index contributed by atoms with van der Waals surface area (Å²) in [7, 11) is -14.0. The van der Waals surface area contributed by atoms with E-state index in [9.17, 15) is 63.3 Å². The highest BCUT2D eigenvalue weighted by atomic mass is 31.2. The van der Waals surface area contributed by atoms with Gasteiger partial charge >= 0.3 is 23.5 Å². The number of rotatable bonds is 14. The van der Waals surface area contributed by atoms with Gasteiger partial charge in [0.1, 0.15) is 42.3 Å². The molecule has 1 saturated carbocycles. The Balaban J connectivity index is 0.963. The van der Waals surface area contributed by atoms with Crippen LogP contribution < -0.4 is 32.4 Å². The Morgan fingerprint density at radius 1 is 0.767 bits per heavy atom. The number of aliphatic hydroxyl groups is 4. The quantitative estimate of drug-likeness (QED) is 0.0686. The molecule has 6 heterocycles. The normalized spacial score (nSPS) is 33.0. The van der Waals surface area contributed by atoms with E-state index < -0.39 is 134 Å². The number of imidazole rings is 1. The van der Waals surface area contributed by atoms with Crippen molar-refractivity contribution in [2.75, 3.05) is 48.2 Å². The maximum atomic E-state index is 13.1. The lowest BCUT2D eigenvalue weighted by molar-refractivity contribution is -0.0586. The lowest BCUT2D eigenvalue weighted by Crippen LogP contribution is -2.45. The first kappa shape index (κ1) is 44.6. The number of ether oxygens (including phenoxy) is 2. The third-order valence-electron chi connectivity index (χ3n) is 9.85. The predicted octanol–water partition coefficient (Wildman–Crippen LogP) is -3.99. The summed E-state index contributed by atoms with van der Waals surface area (Å²) in [6.45, 7) is -1.77. The van der Waals surface area contributed by atoms with Crippen molar-refractivity contribution in [3.05, 3.63) is 27.0 Å². The smallest absolute Gasteiger partial charge is 0.387 e. The molecule has 33 heteroatoms. The van der Waals surface area contributed by atoms with Crippen molar-refractivity contribution in [3.8, 4) is 0 Å². The van der Waals surface area contributed by atoms with E-state index in [4.69, 9.17) is 43.6 Å². The van der Waals surface area contributed by atoms with Crippen LogP contribution in [0.25, 0.3) is 11.2 Å². The van der Waals surface area contributed by atoms with E-state index in [0.717, 1.165) is 10.9 Å². The summed E-state index contributed by atoms with van der Waals surface area (Å²) in [4.78, 5) is 84.1. The SMILES string of the molecule is CN1CN([C@@H]2O[C@H](COP(=O)(O)O[C@@H]3C[C@H](OP(=O)(O)O)C[C@H](OP(=O)(O)OC[C@H]4O[C@@H](n5cnc6c(=O)[nH]c(N)nc65)[C@H](O)[C@@H]4O)C3)[C@@H](O)[C@H]2O)c2nc(N)[nH]c(=O)c21.